The average molecular weight is 215 g/mol. The van der Waals surface area contributed by atoms with Gasteiger partial charge in [-0.05, 0) is 18.9 Å². The van der Waals surface area contributed by atoms with Crippen molar-refractivity contribution in [3.8, 4) is 0 Å². The largest absolute Gasteiger partial charge is 0.410 e. The molecule has 82 valence electrons. The van der Waals surface area contributed by atoms with Crippen LogP contribution in [0.3, 0.4) is 0 Å². The Morgan fingerprint density at radius 1 is 1.31 bits per heavy atom. The van der Waals surface area contributed by atoms with Crippen LogP contribution in [0.4, 0.5) is 0 Å². The molecule has 0 bridgehead atoms. The molecule has 1 heterocycles. The summed E-state index contributed by atoms with van der Waals surface area (Å²) >= 11 is 0. The maximum Gasteiger partial charge on any atom is 0.341 e. The molecule has 1 aromatic rings. The quantitative estimate of drug-likeness (QED) is 0.673. The highest BCUT2D eigenvalue weighted by Crippen LogP contribution is 2.57. The summed E-state index contributed by atoms with van der Waals surface area (Å²) in [4.78, 5) is 16.0. The fourth-order valence-electron chi connectivity index (χ4n) is 2.37. The van der Waals surface area contributed by atoms with E-state index in [4.69, 9.17) is 4.74 Å². The van der Waals surface area contributed by atoms with Gasteiger partial charge in [0.15, 0.2) is 11.4 Å². The van der Waals surface area contributed by atoms with E-state index in [0.29, 0.717) is 5.90 Å². The number of hydrogen-bond acceptors (Lipinski definition) is 3. The Labute approximate surface area is 94.1 Å². The van der Waals surface area contributed by atoms with Crippen molar-refractivity contribution in [2.45, 2.75) is 31.7 Å². The van der Waals surface area contributed by atoms with Crippen molar-refractivity contribution in [3.05, 3.63) is 35.4 Å². The second-order valence-electron chi connectivity index (χ2n) is 4.61. The number of hydrogen-bond donors (Lipinski definition) is 0. The maximum absolute atomic E-state index is 11.7. The lowest BCUT2D eigenvalue weighted by Gasteiger charge is -2.03. The molecule has 0 aromatic heterocycles. The molecule has 0 amide bonds. The van der Waals surface area contributed by atoms with Crippen LogP contribution in [-0.4, -0.2) is 17.4 Å². The van der Waals surface area contributed by atoms with Crippen molar-refractivity contribution in [3.63, 3.8) is 0 Å². The zero-order chi connectivity index (χ0) is 11.3. The van der Waals surface area contributed by atoms with Crippen LogP contribution >= 0.6 is 0 Å². The third-order valence-electron chi connectivity index (χ3n) is 3.36. The van der Waals surface area contributed by atoms with Crippen molar-refractivity contribution in [2.75, 3.05) is 0 Å². The molecule has 2 aliphatic rings. The number of esters is 1. The molecule has 0 radical (unpaired) electrons. The lowest BCUT2D eigenvalue weighted by Crippen LogP contribution is -2.18. The Morgan fingerprint density at radius 3 is 2.56 bits per heavy atom. The van der Waals surface area contributed by atoms with E-state index in [9.17, 15) is 4.79 Å². The standard InChI is InChI=1S/C13H13NO2/c1-8-3-5-10(6-4-8)11-7-13(11)12(15)16-9(2)14-13/h3-6,11H,7H2,1-2H3/t11-,13-/m1/s1. The van der Waals surface area contributed by atoms with Gasteiger partial charge in [-0.2, -0.15) is 0 Å². The molecule has 3 nitrogen and oxygen atoms in total. The molecule has 1 saturated carbocycles. The Kier molecular flexibility index (Phi) is 1.76. The molecule has 1 spiro atoms. The smallest absolute Gasteiger partial charge is 0.341 e. The molecule has 1 aliphatic carbocycles. The van der Waals surface area contributed by atoms with Crippen molar-refractivity contribution in [1.82, 2.24) is 0 Å². The number of aliphatic imine (C=N–C) groups is 1. The SMILES string of the molecule is CC1=N[C@@]2(C[C@@H]2c2ccc(C)cc2)C(=O)O1. The first-order valence-electron chi connectivity index (χ1n) is 5.47. The van der Waals surface area contributed by atoms with E-state index in [-0.39, 0.29) is 11.9 Å². The number of carbonyl (C=O) groups excluding carboxylic acids is 1. The zero-order valence-electron chi connectivity index (χ0n) is 9.36. The van der Waals surface area contributed by atoms with Crippen LogP contribution in [0.15, 0.2) is 29.3 Å². The molecule has 16 heavy (non-hydrogen) atoms. The van der Waals surface area contributed by atoms with Crippen molar-refractivity contribution < 1.29 is 9.53 Å². The van der Waals surface area contributed by atoms with E-state index in [0.717, 1.165) is 6.42 Å². The number of benzene rings is 1. The molecule has 3 rings (SSSR count). The van der Waals surface area contributed by atoms with E-state index in [1.54, 1.807) is 6.92 Å². The molecule has 0 N–H and O–H groups in total. The third kappa shape index (κ3) is 1.21. The van der Waals surface area contributed by atoms with E-state index in [1.165, 1.54) is 11.1 Å². The Balaban J connectivity index is 1.91. The number of carbonyl (C=O) groups is 1. The first-order valence-corrected chi connectivity index (χ1v) is 5.47. The molecule has 1 aliphatic heterocycles. The van der Waals surface area contributed by atoms with E-state index in [2.05, 4.69) is 36.2 Å². The number of aryl methyl sites for hydroxylation is 1. The monoisotopic (exact) mass is 215 g/mol. The fraction of sp³-hybridized carbons (Fsp3) is 0.385. The van der Waals surface area contributed by atoms with Gasteiger partial charge in [0, 0.05) is 12.8 Å². The predicted molar refractivity (Wildman–Crippen MR) is 60.5 cm³/mol. The van der Waals surface area contributed by atoms with Gasteiger partial charge in [-0.15, -0.1) is 0 Å². The number of nitrogens with zero attached hydrogens (tertiary/aromatic N) is 1. The van der Waals surface area contributed by atoms with Crippen LogP contribution < -0.4 is 0 Å². The van der Waals surface area contributed by atoms with Crippen LogP contribution in [0.25, 0.3) is 0 Å². The molecule has 1 fully saturated rings. The van der Waals surface area contributed by atoms with Gasteiger partial charge in [-0.25, -0.2) is 9.79 Å². The second-order valence-corrected chi connectivity index (χ2v) is 4.61. The fourth-order valence-corrected chi connectivity index (χ4v) is 2.37. The van der Waals surface area contributed by atoms with Crippen LogP contribution in [0, 0.1) is 6.92 Å². The van der Waals surface area contributed by atoms with Gasteiger partial charge in [-0.3, -0.25) is 0 Å². The first-order chi connectivity index (χ1) is 7.62. The lowest BCUT2D eigenvalue weighted by molar-refractivity contribution is -0.136. The average Bonchev–Trinajstić information content (AvgIpc) is 2.87. The minimum atomic E-state index is -0.584. The molecule has 2 atom stereocenters. The molecular formula is C13H13NO2. The molecule has 0 saturated heterocycles. The van der Waals surface area contributed by atoms with Gasteiger partial charge in [0.25, 0.3) is 0 Å². The molecule has 1 aromatic carbocycles. The number of rotatable bonds is 1. The van der Waals surface area contributed by atoms with Gasteiger partial charge < -0.3 is 4.74 Å². The van der Waals surface area contributed by atoms with Gasteiger partial charge in [-0.1, -0.05) is 29.8 Å². The highest BCUT2D eigenvalue weighted by Gasteiger charge is 2.65. The normalized spacial score (nSPS) is 31.5. The summed E-state index contributed by atoms with van der Waals surface area (Å²) in [5, 5.41) is 0. The molecule has 0 unspecified atom stereocenters. The second kappa shape index (κ2) is 2.94. The maximum atomic E-state index is 11.7. The highest BCUT2D eigenvalue weighted by molar-refractivity contribution is 6.02. The van der Waals surface area contributed by atoms with Gasteiger partial charge in [0.2, 0.25) is 0 Å². The van der Waals surface area contributed by atoms with Crippen LogP contribution in [0.5, 0.6) is 0 Å². The van der Waals surface area contributed by atoms with Crippen molar-refractivity contribution in [2.24, 2.45) is 4.99 Å². The number of cyclic esters (lactones) is 1. The third-order valence-corrected chi connectivity index (χ3v) is 3.36. The summed E-state index contributed by atoms with van der Waals surface area (Å²) in [5.74, 6) is 0.522. The van der Waals surface area contributed by atoms with Crippen LogP contribution in [-0.2, 0) is 9.53 Å². The van der Waals surface area contributed by atoms with E-state index < -0.39 is 5.54 Å². The van der Waals surface area contributed by atoms with Crippen molar-refractivity contribution in [1.29, 1.82) is 0 Å². The van der Waals surface area contributed by atoms with Crippen LogP contribution in [0.2, 0.25) is 0 Å². The van der Waals surface area contributed by atoms with E-state index in [1.807, 2.05) is 0 Å². The summed E-state index contributed by atoms with van der Waals surface area (Å²) in [7, 11) is 0. The Bertz CT molecular complexity index is 489. The van der Waals surface area contributed by atoms with Crippen molar-refractivity contribution >= 4 is 11.9 Å². The Hall–Kier alpha value is -1.64. The topological polar surface area (TPSA) is 38.7 Å². The minimum absolute atomic E-state index is 0.185. The highest BCUT2D eigenvalue weighted by atomic mass is 16.6. The Morgan fingerprint density at radius 2 is 2.00 bits per heavy atom. The minimum Gasteiger partial charge on any atom is -0.410 e. The summed E-state index contributed by atoms with van der Waals surface area (Å²) < 4.78 is 5.03. The summed E-state index contributed by atoms with van der Waals surface area (Å²) in [6, 6.07) is 8.28. The first kappa shape index (κ1) is 9.58. The molecular weight excluding hydrogens is 202 g/mol. The number of ether oxygens (including phenoxy) is 1. The van der Waals surface area contributed by atoms with Gasteiger partial charge in [0.1, 0.15) is 0 Å². The summed E-state index contributed by atoms with van der Waals surface area (Å²) in [6.07, 6.45) is 0.784. The molecule has 3 heteroatoms. The zero-order valence-corrected chi connectivity index (χ0v) is 9.36. The lowest BCUT2D eigenvalue weighted by atomic mass is 10.1. The van der Waals surface area contributed by atoms with Crippen LogP contribution in [0.1, 0.15) is 30.4 Å². The summed E-state index contributed by atoms with van der Waals surface area (Å²) in [5.41, 5.74) is 1.83. The van der Waals surface area contributed by atoms with E-state index >= 15 is 0 Å². The van der Waals surface area contributed by atoms with Gasteiger partial charge >= 0.3 is 5.97 Å². The predicted octanol–water partition coefficient (Wildman–Crippen LogP) is 2.20. The summed E-state index contributed by atoms with van der Waals surface area (Å²) in [6.45, 7) is 3.79. The van der Waals surface area contributed by atoms with Gasteiger partial charge in [0.05, 0.1) is 0 Å².